The first-order chi connectivity index (χ1) is 13.4. The minimum Gasteiger partial charge on any atom is -0.351 e. The smallest absolute Gasteiger partial charge is 0.317 e. The van der Waals surface area contributed by atoms with Gasteiger partial charge in [0.2, 0.25) is 5.91 Å². The fourth-order valence-electron chi connectivity index (χ4n) is 3.08. The highest BCUT2D eigenvalue weighted by molar-refractivity contribution is 6.04. The second-order valence-electron chi connectivity index (χ2n) is 7.44. The van der Waals surface area contributed by atoms with Gasteiger partial charge in [0.1, 0.15) is 0 Å². The number of amides is 4. The predicted molar refractivity (Wildman–Crippen MR) is 116 cm³/mol. The third kappa shape index (κ3) is 7.55. The lowest BCUT2D eigenvalue weighted by atomic mass is 9.97. The van der Waals surface area contributed by atoms with Crippen LogP contribution in [-0.4, -0.2) is 55.5 Å². The number of piperidine rings is 1. The molecular weight excluding hydrogens is 394 g/mol. The van der Waals surface area contributed by atoms with Crippen molar-refractivity contribution in [3.05, 3.63) is 29.8 Å². The van der Waals surface area contributed by atoms with Crippen LogP contribution in [-0.2, 0) is 4.79 Å². The van der Waals surface area contributed by atoms with Crippen molar-refractivity contribution in [3.8, 4) is 0 Å². The SMILES string of the molecule is CC(C)CNC(=O)N1CCCC(C(=O)Nc2ccccc2C(=O)NCCN)C1.Cl. The van der Waals surface area contributed by atoms with Crippen LogP contribution in [0.4, 0.5) is 10.5 Å². The van der Waals surface area contributed by atoms with Crippen LogP contribution in [0.15, 0.2) is 24.3 Å². The lowest BCUT2D eigenvalue weighted by Crippen LogP contribution is -2.48. The Bertz CT molecular complexity index is 698. The summed E-state index contributed by atoms with van der Waals surface area (Å²) in [5.41, 5.74) is 6.28. The molecule has 0 aliphatic carbocycles. The number of nitrogens with two attached hydrogens (primary N) is 1. The number of anilines is 1. The molecule has 8 nitrogen and oxygen atoms in total. The molecule has 1 heterocycles. The van der Waals surface area contributed by atoms with Crippen LogP contribution in [0.2, 0.25) is 0 Å². The largest absolute Gasteiger partial charge is 0.351 e. The number of nitrogens with zero attached hydrogens (tertiary/aromatic N) is 1. The standard InChI is InChI=1S/C20H31N5O3.ClH/c1-14(2)12-23-20(28)25-11-5-6-15(13-25)18(26)24-17-8-4-3-7-16(17)19(27)22-10-9-21;/h3-4,7-8,14-15H,5-6,9-13,21H2,1-2H3,(H,22,27)(H,23,28)(H,24,26);1H. The summed E-state index contributed by atoms with van der Waals surface area (Å²) in [7, 11) is 0. The molecule has 9 heteroatoms. The van der Waals surface area contributed by atoms with Gasteiger partial charge in [-0.1, -0.05) is 26.0 Å². The molecule has 0 aromatic heterocycles. The zero-order valence-corrected chi connectivity index (χ0v) is 17.9. The van der Waals surface area contributed by atoms with E-state index in [-0.39, 0.29) is 36.2 Å². The lowest BCUT2D eigenvalue weighted by molar-refractivity contribution is -0.121. The van der Waals surface area contributed by atoms with Gasteiger partial charge >= 0.3 is 6.03 Å². The Morgan fingerprint density at radius 1 is 1.21 bits per heavy atom. The molecule has 1 fully saturated rings. The molecule has 1 aromatic carbocycles. The summed E-state index contributed by atoms with van der Waals surface area (Å²) >= 11 is 0. The highest BCUT2D eigenvalue weighted by atomic mass is 35.5. The van der Waals surface area contributed by atoms with Crippen LogP contribution in [0.25, 0.3) is 0 Å². The van der Waals surface area contributed by atoms with Crippen molar-refractivity contribution in [2.75, 3.05) is 38.0 Å². The summed E-state index contributed by atoms with van der Waals surface area (Å²) in [6, 6.07) is 6.74. The highest BCUT2D eigenvalue weighted by Gasteiger charge is 2.29. The average Bonchev–Trinajstić information content (AvgIpc) is 2.70. The molecule has 1 saturated heterocycles. The summed E-state index contributed by atoms with van der Waals surface area (Å²) in [6.07, 6.45) is 1.48. The fourth-order valence-corrected chi connectivity index (χ4v) is 3.08. The van der Waals surface area contributed by atoms with E-state index in [0.29, 0.717) is 56.3 Å². The minimum absolute atomic E-state index is 0. The van der Waals surface area contributed by atoms with Crippen LogP contribution in [0.3, 0.4) is 0 Å². The number of halogens is 1. The van der Waals surface area contributed by atoms with Gasteiger partial charge in [-0.25, -0.2) is 4.79 Å². The third-order valence-corrected chi connectivity index (χ3v) is 4.60. The van der Waals surface area contributed by atoms with Gasteiger partial charge in [0.05, 0.1) is 17.2 Å². The van der Waals surface area contributed by atoms with Crippen molar-refractivity contribution < 1.29 is 14.4 Å². The van der Waals surface area contributed by atoms with Gasteiger partial charge in [-0.3, -0.25) is 9.59 Å². The molecule has 0 radical (unpaired) electrons. The molecule has 29 heavy (non-hydrogen) atoms. The van der Waals surface area contributed by atoms with Gasteiger partial charge in [0.25, 0.3) is 5.91 Å². The number of benzene rings is 1. The van der Waals surface area contributed by atoms with Gasteiger partial charge < -0.3 is 26.6 Å². The molecule has 0 spiro atoms. The van der Waals surface area contributed by atoms with Crippen molar-refractivity contribution in [3.63, 3.8) is 0 Å². The number of hydrogen-bond donors (Lipinski definition) is 4. The zero-order valence-electron chi connectivity index (χ0n) is 17.1. The second-order valence-corrected chi connectivity index (χ2v) is 7.44. The first kappa shape index (κ1) is 24.7. The fraction of sp³-hybridized carbons (Fsp3) is 0.550. The van der Waals surface area contributed by atoms with Crippen molar-refractivity contribution >= 4 is 35.9 Å². The monoisotopic (exact) mass is 425 g/mol. The number of carbonyl (C=O) groups is 3. The Balaban J connectivity index is 0.00000420. The third-order valence-electron chi connectivity index (χ3n) is 4.60. The summed E-state index contributed by atoms with van der Waals surface area (Å²) < 4.78 is 0. The maximum absolute atomic E-state index is 12.8. The Labute approximate surface area is 178 Å². The van der Waals surface area contributed by atoms with Crippen LogP contribution in [0.1, 0.15) is 37.0 Å². The summed E-state index contributed by atoms with van der Waals surface area (Å²) in [5.74, 6) is -0.395. The van der Waals surface area contributed by atoms with Crippen molar-refractivity contribution in [1.82, 2.24) is 15.5 Å². The van der Waals surface area contributed by atoms with E-state index in [1.807, 2.05) is 13.8 Å². The quantitative estimate of drug-likeness (QED) is 0.533. The molecular formula is C20H32ClN5O3. The van der Waals surface area contributed by atoms with Gasteiger partial charge in [-0.05, 0) is 30.9 Å². The van der Waals surface area contributed by atoms with Gasteiger partial charge in [0, 0.05) is 32.7 Å². The topological polar surface area (TPSA) is 117 Å². The van der Waals surface area contributed by atoms with Gasteiger partial charge in [0.15, 0.2) is 0 Å². The van der Waals surface area contributed by atoms with Crippen molar-refractivity contribution in [2.45, 2.75) is 26.7 Å². The molecule has 5 N–H and O–H groups in total. The first-order valence-electron chi connectivity index (χ1n) is 9.83. The number of urea groups is 1. The minimum atomic E-state index is -0.307. The normalized spacial score (nSPS) is 16.0. The van der Waals surface area contributed by atoms with Crippen LogP contribution in [0.5, 0.6) is 0 Å². The van der Waals surface area contributed by atoms with Crippen molar-refractivity contribution in [2.24, 2.45) is 17.6 Å². The van der Waals surface area contributed by atoms with E-state index in [1.54, 1.807) is 29.2 Å². The molecule has 1 aromatic rings. The van der Waals surface area contributed by atoms with E-state index >= 15 is 0 Å². The first-order valence-corrected chi connectivity index (χ1v) is 9.83. The number of para-hydroxylation sites is 1. The number of likely N-dealkylation sites (tertiary alicyclic amines) is 1. The lowest BCUT2D eigenvalue weighted by Gasteiger charge is -2.32. The summed E-state index contributed by atoms with van der Waals surface area (Å²) in [4.78, 5) is 39.0. The summed E-state index contributed by atoms with van der Waals surface area (Å²) in [6.45, 7) is 6.41. The molecule has 1 aliphatic heterocycles. The van der Waals surface area contributed by atoms with Gasteiger partial charge in [-0.15, -0.1) is 12.4 Å². The van der Waals surface area contributed by atoms with Crippen molar-refractivity contribution in [1.29, 1.82) is 0 Å². The van der Waals surface area contributed by atoms with Crippen LogP contribution in [0, 0.1) is 11.8 Å². The molecule has 1 atom stereocenters. The molecule has 1 unspecified atom stereocenters. The molecule has 0 saturated carbocycles. The van der Waals surface area contributed by atoms with E-state index in [4.69, 9.17) is 5.73 Å². The highest BCUT2D eigenvalue weighted by Crippen LogP contribution is 2.21. The summed E-state index contributed by atoms with van der Waals surface area (Å²) in [5, 5.41) is 8.47. The molecule has 1 aliphatic rings. The number of carbonyl (C=O) groups excluding carboxylic acids is 3. The maximum Gasteiger partial charge on any atom is 0.317 e. The Morgan fingerprint density at radius 2 is 1.93 bits per heavy atom. The molecule has 2 rings (SSSR count). The van der Waals surface area contributed by atoms with E-state index in [0.717, 1.165) is 6.42 Å². The molecule has 162 valence electrons. The number of rotatable bonds is 7. The Kier molecular flexibility index (Phi) is 10.5. The van der Waals surface area contributed by atoms with E-state index in [1.165, 1.54) is 0 Å². The Hall–Kier alpha value is -2.32. The van der Waals surface area contributed by atoms with Crippen LogP contribution >= 0.6 is 12.4 Å². The van der Waals surface area contributed by atoms with Crippen LogP contribution < -0.4 is 21.7 Å². The van der Waals surface area contributed by atoms with E-state index in [2.05, 4.69) is 16.0 Å². The molecule has 0 bridgehead atoms. The average molecular weight is 426 g/mol. The molecule has 4 amide bonds. The van der Waals surface area contributed by atoms with Gasteiger partial charge in [-0.2, -0.15) is 0 Å². The van der Waals surface area contributed by atoms with E-state index in [9.17, 15) is 14.4 Å². The van der Waals surface area contributed by atoms with E-state index < -0.39 is 0 Å². The number of hydrogen-bond acceptors (Lipinski definition) is 4. The maximum atomic E-state index is 12.8. The predicted octanol–water partition coefficient (Wildman–Crippen LogP) is 1.81. The number of nitrogens with one attached hydrogen (secondary N) is 3. The Morgan fingerprint density at radius 3 is 2.62 bits per heavy atom. The second kappa shape index (κ2) is 12.3. The zero-order chi connectivity index (χ0) is 20.5.